The summed E-state index contributed by atoms with van der Waals surface area (Å²) in [7, 11) is 0. The van der Waals surface area contributed by atoms with Crippen LogP contribution in [-0.2, 0) is 23.7 Å². The molecule has 0 radical (unpaired) electrons. The van der Waals surface area contributed by atoms with Gasteiger partial charge in [0.1, 0.15) is 31.0 Å². The van der Waals surface area contributed by atoms with Crippen molar-refractivity contribution in [1.29, 1.82) is 0 Å². The minimum absolute atomic E-state index is 0.0541. The molecule has 0 bridgehead atoms. The van der Waals surface area contributed by atoms with E-state index < -0.39 is 43.1 Å². The summed E-state index contributed by atoms with van der Waals surface area (Å²) in [5.41, 5.74) is 9.56. The van der Waals surface area contributed by atoms with Gasteiger partial charge in [0.15, 0.2) is 12.6 Å². The smallest absolute Gasteiger partial charge is 0.430 e. The summed E-state index contributed by atoms with van der Waals surface area (Å²) in [6, 6.07) is 7.96. The third kappa shape index (κ3) is 4.38. The minimum Gasteiger partial charge on any atom is -0.430 e. The van der Waals surface area contributed by atoms with E-state index in [4.69, 9.17) is 29.2 Å². The standard InChI is InChI=1S/C17H19N3O7/c1-2-8-23-17(22)27-14-12(19-20-18)15(21)25-11-9-24-16(26-13(11)14)10-6-4-3-5-7-10/h2-7,11-16,21H,1,8-9H2/t11?,12-,13+,14?,15+,16?/m0/s1. The number of fused-ring (bicyclic) bond motifs is 1. The zero-order chi connectivity index (χ0) is 19.2. The zero-order valence-electron chi connectivity index (χ0n) is 14.3. The first-order chi connectivity index (χ1) is 13.1. The summed E-state index contributed by atoms with van der Waals surface area (Å²) in [5, 5.41) is 13.6. The minimum atomic E-state index is -1.49. The number of carbonyl (C=O) groups excluding carboxylic acids is 1. The normalized spacial score (nSPS) is 32.5. The molecule has 2 heterocycles. The second-order valence-corrected chi connectivity index (χ2v) is 5.87. The molecule has 10 nitrogen and oxygen atoms in total. The van der Waals surface area contributed by atoms with Crippen LogP contribution in [0.1, 0.15) is 11.9 Å². The van der Waals surface area contributed by atoms with Crippen LogP contribution in [0.3, 0.4) is 0 Å². The quantitative estimate of drug-likeness (QED) is 0.273. The van der Waals surface area contributed by atoms with Crippen LogP contribution in [0.25, 0.3) is 10.4 Å². The summed E-state index contributed by atoms with van der Waals surface area (Å²) in [6.45, 7) is 3.48. The topological polar surface area (TPSA) is 132 Å². The highest BCUT2D eigenvalue weighted by Crippen LogP contribution is 2.35. The molecule has 3 unspecified atom stereocenters. The van der Waals surface area contributed by atoms with E-state index in [1.54, 1.807) is 0 Å². The van der Waals surface area contributed by atoms with Crippen LogP contribution in [0.5, 0.6) is 0 Å². The molecule has 1 aromatic carbocycles. The molecule has 2 aliphatic rings. The predicted molar refractivity (Wildman–Crippen MR) is 90.2 cm³/mol. The number of carbonyl (C=O) groups is 1. The maximum absolute atomic E-state index is 11.9. The van der Waals surface area contributed by atoms with Crippen LogP contribution in [0.2, 0.25) is 0 Å². The highest BCUT2D eigenvalue weighted by Gasteiger charge is 2.51. The molecule has 6 atom stereocenters. The average molecular weight is 377 g/mol. The highest BCUT2D eigenvalue weighted by atomic mass is 16.8. The number of hydrogen-bond acceptors (Lipinski definition) is 8. The molecule has 0 aliphatic carbocycles. The zero-order valence-corrected chi connectivity index (χ0v) is 14.3. The Labute approximate surface area is 154 Å². The van der Waals surface area contributed by atoms with Crippen molar-refractivity contribution in [3.8, 4) is 0 Å². The second-order valence-electron chi connectivity index (χ2n) is 5.87. The number of aliphatic hydroxyl groups excluding tert-OH is 1. The molecule has 2 fully saturated rings. The van der Waals surface area contributed by atoms with Crippen LogP contribution in [-0.4, -0.2) is 55.1 Å². The van der Waals surface area contributed by atoms with Crippen molar-refractivity contribution in [2.24, 2.45) is 5.11 Å². The third-order valence-electron chi connectivity index (χ3n) is 4.13. The Morgan fingerprint density at radius 3 is 2.89 bits per heavy atom. The van der Waals surface area contributed by atoms with Crippen molar-refractivity contribution in [1.82, 2.24) is 0 Å². The fraction of sp³-hybridized carbons (Fsp3) is 0.471. The Kier molecular flexibility index (Phi) is 6.28. The van der Waals surface area contributed by atoms with E-state index in [1.807, 2.05) is 30.3 Å². The monoisotopic (exact) mass is 377 g/mol. The van der Waals surface area contributed by atoms with E-state index in [2.05, 4.69) is 16.6 Å². The van der Waals surface area contributed by atoms with Gasteiger partial charge in [-0.1, -0.05) is 48.1 Å². The van der Waals surface area contributed by atoms with Crippen molar-refractivity contribution in [2.75, 3.05) is 13.2 Å². The maximum Gasteiger partial charge on any atom is 0.508 e. The summed E-state index contributed by atoms with van der Waals surface area (Å²) in [5.74, 6) is 0. The van der Waals surface area contributed by atoms with Gasteiger partial charge in [0, 0.05) is 10.5 Å². The van der Waals surface area contributed by atoms with Crippen molar-refractivity contribution in [3.63, 3.8) is 0 Å². The summed E-state index contributed by atoms with van der Waals surface area (Å²) in [4.78, 5) is 14.6. The molecule has 0 amide bonds. The molecule has 27 heavy (non-hydrogen) atoms. The van der Waals surface area contributed by atoms with Crippen LogP contribution in [0.4, 0.5) is 4.79 Å². The first-order valence-electron chi connectivity index (χ1n) is 8.28. The summed E-state index contributed by atoms with van der Waals surface area (Å²) in [6.07, 6.45) is -4.52. The molecule has 10 heteroatoms. The van der Waals surface area contributed by atoms with E-state index in [0.717, 1.165) is 5.56 Å². The number of azide groups is 1. The Morgan fingerprint density at radius 2 is 2.19 bits per heavy atom. The van der Waals surface area contributed by atoms with Crippen molar-refractivity contribution in [2.45, 2.75) is 36.9 Å². The van der Waals surface area contributed by atoms with E-state index in [0.29, 0.717) is 0 Å². The van der Waals surface area contributed by atoms with Crippen molar-refractivity contribution >= 4 is 6.16 Å². The summed E-state index contributed by atoms with van der Waals surface area (Å²) >= 11 is 0. The maximum atomic E-state index is 11.9. The van der Waals surface area contributed by atoms with Gasteiger partial charge < -0.3 is 28.8 Å². The van der Waals surface area contributed by atoms with Gasteiger partial charge in [-0.3, -0.25) is 0 Å². The van der Waals surface area contributed by atoms with E-state index in [9.17, 15) is 9.90 Å². The first-order valence-corrected chi connectivity index (χ1v) is 8.28. The fourth-order valence-electron chi connectivity index (χ4n) is 2.94. The largest absolute Gasteiger partial charge is 0.508 e. The average Bonchev–Trinajstić information content (AvgIpc) is 2.69. The number of hydrogen-bond donors (Lipinski definition) is 1. The van der Waals surface area contributed by atoms with Crippen LogP contribution >= 0.6 is 0 Å². The van der Waals surface area contributed by atoms with E-state index in [1.165, 1.54) is 6.08 Å². The third-order valence-corrected chi connectivity index (χ3v) is 4.13. The lowest BCUT2D eigenvalue weighted by atomic mass is 9.96. The van der Waals surface area contributed by atoms with Crippen LogP contribution < -0.4 is 0 Å². The number of aliphatic hydroxyl groups is 1. The lowest BCUT2D eigenvalue weighted by molar-refractivity contribution is -0.336. The number of benzene rings is 1. The number of rotatable bonds is 5. The van der Waals surface area contributed by atoms with Crippen LogP contribution in [0.15, 0.2) is 48.1 Å². The Hall–Kier alpha value is -2.62. The lowest BCUT2D eigenvalue weighted by Crippen LogP contribution is -2.62. The molecule has 3 rings (SSSR count). The van der Waals surface area contributed by atoms with Crippen molar-refractivity contribution < 1.29 is 33.6 Å². The Bertz CT molecular complexity index is 710. The highest BCUT2D eigenvalue weighted by molar-refractivity contribution is 5.60. The van der Waals surface area contributed by atoms with E-state index >= 15 is 0 Å². The van der Waals surface area contributed by atoms with Gasteiger partial charge in [-0.15, -0.1) is 0 Å². The Morgan fingerprint density at radius 1 is 1.41 bits per heavy atom. The molecule has 1 aromatic rings. The van der Waals surface area contributed by atoms with Gasteiger partial charge in [0.05, 0.1) is 6.61 Å². The molecular weight excluding hydrogens is 358 g/mol. The van der Waals surface area contributed by atoms with Crippen molar-refractivity contribution in [3.05, 3.63) is 59.0 Å². The fourth-order valence-corrected chi connectivity index (χ4v) is 2.94. The first kappa shape index (κ1) is 19.2. The van der Waals surface area contributed by atoms with Gasteiger partial charge in [-0.2, -0.15) is 0 Å². The van der Waals surface area contributed by atoms with Gasteiger partial charge in [-0.05, 0) is 5.53 Å². The predicted octanol–water partition coefficient (Wildman–Crippen LogP) is 2.20. The molecular formula is C17H19N3O7. The number of ether oxygens (including phenoxy) is 5. The van der Waals surface area contributed by atoms with Gasteiger partial charge in [0.25, 0.3) is 0 Å². The molecule has 1 N–H and O–H groups in total. The molecule has 2 aliphatic heterocycles. The molecule has 2 saturated heterocycles. The van der Waals surface area contributed by atoms with Gasteiger partial charge in [0.2, 0.25) is 0 Å². The van der Waals surface area contributed by atoms with E-state index in [-0.39, 0.29) is 13.2 Å². The molecule has 0 aromatic heterocycles. The van der Waals surface area contributed by atoms with Crippen LogP contribution in [0, 0.1) is 0 Å². The molecule has 144 valence electrons. The Balaban J connectivity index is 1.82. The SMILES string of the molecule is C=CCOC(=O)OC1[C@@H]2OC(c3ccccc3)OCC2O[C@@H](O)[C@H]1N=[N+]=[N-]. The second kappa shape index (κ2) is 8.85. The molecule has 0 spiro atoms. The summed E-state index contributed by atoms with van der Waals surface area (Å²) < 4.78 is 27.1. The van der Waals surface area contributed by atoms with Gasteiger partial charge >= 0.3 is 6.16 Å². The lowest BCUT2D eigenvalue weighted by Gasteiger charge is -2.46. The van der Waals surface area contributed by atoms with Gasteiger partial charge in [-0.25, -0.2) is 4.79 Å². The molecule has 0 saturated carbocycles. The number of nitrogens with zero attached hydrogens (tertiary/aromatic N) is 3.